The fourth-order valence-corrected chi connectivity index (χ4v) is 4.11. The number of benzene rings is 2. The van der Waals surface area contributed by atoms with E-state index < -0.39 is 0 Å². The molecule has 29 heavy (non-hydrogen) atoms. The number of nitrogens with zero attached hydrogens (tertiary/aromatic N) is 4. The maximum Gasteiger partial charge on any atom is 0.172 e. The lowest BCUT2D eigenvalue weighted by Gasteiger charge is -2.32. The summed E-state index contributed by atoms with van der Waals surface area (Å²) >= 11 is 6.35. The maximum absolute atomic E-state index is 10.8. The minimum absolute atomic E-state index is 0.0780. The van der Waals surface area contributed by atoms with Gasteiger partial charge in [-0.15, -0.1) is 10.2 Å². The Balaban J connectivity index is 1.53. The van der Waals surface area contributed by atoms with Gasteiger partial charge in [-0.2, -0.15) is 0 Å². The number of furan rings is 1. The van der Waals surface area contributed by atoms with E-state index in [-0.39, 0.29) is 5.75 Å². The Hall–Kier alpha value is -2.67. The van der Waals surface area contributed by atoms with E-state index in [1.807, 2.05) is 30.3 Å². The van der Waals surface area contributed by atoms with Crippen LogP contribution in [0.15, 0.2) is 51.0 Å². The monoisotopic (exact) mass is 408 g/mol. The highest BCUT2D eigenvalue weighted by atomic mass is 35.5. The van der Waals surface area contributed by atoms with Crippen LogP contribution in [-0.2, 0) is 6.54 Å². The molecule has 0 bridgehead atoms. The molecule has 1 N–H and O–H groups in total. The maximum atomic E-state index is 10.8. The van der Waals surface area contributed by atoms with Gasteiger partial charge in [0.1, 0.15) is 5.58 Å². The first-order valence-corrected chi connectivity index (χ1v) is 10.0. The molecule has 0 radical (unpaired) electrons. The van der Waals surface area contributed by atoms with Crippen molar-refractivity contribution in [2.45, 2.75) is 6.54 Å². The molecule has 0 saturated carbocycles. The van der Waals surface area contributed by atoms with Crippen molar-refractivity contribution < 1.29 is 9.52 Å². The van der Waals surface area contributed by atoms with E-state index in [4.69, 9.17) is 16.0 Å². The SMILES string of the molecule is CN1CCN(Cc2cc(Cl)cc3c(O)c(C=C4N=Nc5ccccc54)oc23)CC1. The van der Waals surface area contributed by atoms with Gasteiger partial charge in [0.15, 0.2) is 11.5 Å². The molecule has 0 aliphatic carbocycles. The Kier molecular flexibility index (Phi) is 4.62. The van der Waals surface area contributed by atoms with Gasteiger partial charge < -0.3 is 14.4 Å². The van der Waals surface area contributed by atoms with Gasteiger partial charge in [0.05, 0.1) is 16.8 Å². The second kappa shape index (κ2) is 7.30. The van der Waals surface area contributed by atoms with Gasteiger partial charge in [0, 0.05) is 54.9 Å². The molecule has 1 fully saturated rings. The van der Waals surface area contributed by atoms with Crippen molar-refractivity contribution in [2.75, 3.05) is 33.2 Å². The lowest BCUT2D eigenvalue weighted by molar-refractivity contribution is 0.148. The van der Waals surface area contributed by atoms with Gasteiger partial charge in [-0.05, 0) is 25.2 Å². The van der Waals surface area contributed by atoms with Crippen LogP contribution in [0, 0.1) is 0 Å². The molecule has 0 spiro atoms. The number of halogens is 1. The molecule has 2 aromatic carbocycles. The molecule has 2 aliphatic rings. The van der Waals surface area contributed by atoms with Gasteiger partial charge in [-0.3, -0.25) is 4.90 Å². The van der Waals surface area contributed by atoms with E-state index >= 15 is 0 Å². The highest BCUT2D eigenvalue weighted by Gasteiger charge is 2.21. The fourth-order valence-electron chi connectivity index (χ4n) is 3.87. The van der Waals surface area contributed by atoms with Gasteiger partial charge in [0.25, 0.3) is 0 Å². The van der Waals surface area contributed by atoms with E-state index in [2.05, 4.69) is 27.1 Å². The Bertz CT molecular complexity index is 1140. The largest absolute Gasteiger partial charge is 0.504 e. The molecule has 3 heterocycles. The highest BCUT2D eigenvalue weighted by molar-refractivity contribution is 6.31. The summed E-state index contributed by atoms with van der Waals surface area (Å²) < 4.78 is 6.10. The summed E-state index contributed by atoms with van der Waals surface area (Å²) in [5.74, 6) is 0.446. The van der Waals surface area contributed by atoms with E-state index in [9.17, 15) is 5.11 Å². The van der Waals surface area contributed by atoms with Crippen LogP contribution in [-0.4, -0.2) is 48.1 Å². The molecule has 5 rings (SSSR count). The average Bonchev–Trinajstić information content (AvgIpc) is 3.26. The van der Waals surface area contributed by atoms with E-state index in [0.29, 0.717) is 27.4 Å². The lowest BCUT2D eigenvalue weighted by Crippen LogP contribution is -2.43. The molecule has 0 amide bonds. The molecule has 148 valence electrons. The molecule has 1 aromatic heterocycles. The van der Waals surface area contributed by atoms with Crippen LogP contribution < -0.4 is 0 Å². The van der Waals surface area contributed by atoms with Crippen LogP contribution in [0.25, 0.3) is 22.7 Å². The summed E-state index contributed by atoms with van der Waals surface area (Å²) in [5, 5.41) is 20.4. The highest BCUT2D eigenvalue weighted by Crippen LogP contribution is 2.41. The van der Waals surface area contributed by atoms with Crippen molar-refractivity contribution in [3.63, 3.8) is 0 Å². The van der Waals surface area contributed by atoms with Crippen LogP contribution >= 0.6 is 11.6 Å². The van der Waals surface area contributed by atoms with Crippen molar-refractivity contribution in [1.82, 2.24) is 9.80 Å². The number of likely N-dealkylation sites (N-methyl/N-ethyl adjacent to an activating group) is 1. The van der Waals surface area contributed by atoms with Crippen molar-refractivity contribution in [1.29, 1.82) is 0 Å². The zero-order chi connectivity index (χ0) is 20.0. The molecular formula is C22H21ClN4O2. The summed E-state index contributed by atoms with van der Waals surface area (Å²) in [6, 6.07) is 11.4. The van der Waals surface area contributed by atoms with Gasteiger partial charge >= 0.3 is 0 Å². The van der Waals surface area contributed by atoms with Crippen LogP contribution in [0.4, 0.5) is 5.69 Å². The predicted octanol–water partition coefficient (Wildman–Crippen LogP) is 5.13. The minimum Gasteiger partial charge on any atom is -0.504 e. The first kappa shape index (κ1) is 18.4. The number of piperazine rings is 1. The first-order valence-electron chi connectivity index (χ1n) is 9.66. The smallest absolute Gasteiger partial charge is 0.172 e. The molecule has 3 aromatic rings. The Morgan fingerprint density at radius 3 is 2.76 bits per heavy atom. The van der Waals surface area contributed by atoms with Gasteiger partial charge in [0.2, 0.25) is 0 Å². The number of azo groups is 1. The summed E-state index contributed by atoms with van der Waals surface area (Å²) in [6.07, 6.45) is 1.73. The van der Waals surface area contributed by atoms with Crippen molar-refractivity contribution in [2.24, 2.45) is 10.2 Å². The topological polar surface area (TPSA) is 64.6 Å². The van der Waals surface area contributed by atoms with Crippen LogP contribution in [0.5, 0.6) is 5.75 Å². The second-order valence-corrected chi connectivity index (χ2v) is 8.02. The zero-order valence-corrected chi connectivity index (χ0v) is 16.9. The fraction of sp³-hybridized carbons (Fsp3) is 0.273. The molecule has 0 unspecified atom stereocenters. The third kappa shape index (κ3) is 3.44. The minimum atomic E-state index is 0.0780. The van der Waals surface area contributed by atoms with Crippen LogP contribution in [0.2, 0.25) is 5.02 Å². The molecule has 1 saturated heterocycles. The summed E-state index contributed by atoms with van der Waals surface area (Å²) in [5.41, 5.74) is 4.05. The van der Waals surface area contributed by atoms with Crippen molar-refractivity contribution in [3.05, 3.63) is 58.3 Å². The quantitative estimate of drug-likeness (QED) is 0.652. The lowest BCUT2D eigenvalue weighted by atomic mass is 10.1. The van der Waals surface area contributed by atoms with Gasteiger partial charge in [-0.25, -0.2) is 0 Å². The molecule has 7 heteroatoms. The third-order valence-electron chi connectivity index (χ3n) is 5.53. The average molecular weight is 409 g/mol. The Morgan fingerprint density at radius 2 is 1.93 bits per heavy atom. The Labute approximate surface area is 173 Å². The molecule has 6 nitrogen and oxygen atoms in total. The van der Waals surface area contributed by atoms with Crippen molar-refractivity contribution >= 4 is 40.0 Å². The van der Waals surface area contributed by atoms with Crippen LogP contribution in [0.1, 0.15) is 16.9 Å². The second-order valence-electron chi connectivity index (χ2n) is 7.58. The molecular weight excluding hydrogens is 388 g/mol. The number of hydrogen-bond donors (Lipinski definition) is 1. The first-order chi connectivity index (χ1) is 14.1. The Morgan fingerprint density at radius 1 is 1.14 bits per heavy atom. The van der Waals surface area contributed by atoms with E-state index in [1.165, 1.54) is 0 Å². The van der Waals surface area contributed by atoms with Crippen molar-refractivity contribution in [3.8, 4) is 5.75 Å². The summed E-state index contributed by atoms with van der Waals surface area (Å²) in [7, 11) is 2.14. The summed E-state index contributed by atoms with van der Waals surface area (Å²) in [6.45, 7) is 4.79. The third-order valence-corrected chi connectivity index (χ3v) is 5.75. The number of fused-ring (bicyclic) bond motifs is 2. The van der Waals surface area contributed by atoms with Gasteiger partial charge in [-0.1, -0.05) is 29.8 Å². The summed E-state index contributed by atoms with van der Waals surface area (Å²) in [4.78, 5) is 4.70. The normalized spacial score (nSPS) is 18.8. The molecule has 0 atom stereocenters. The number of aromatic hydroxyl groups is 1. The predicted molar refractivity (Wildman–Crippen MR) is 114 cm³/mol. The number of rotatable bonds is 3. The standard InChI is InChI=1S/C22H21ClN4O2/c1-26-6-8-27(9-7-26)13-14-10-15(23)11-17-21(28)20(29-22(14)17)12-19-16-4-2-3-5-18(16)24-25-19/h2-5,10-12,28H,6-9,13H2,1H3. The van der Waals surface area contributed by atoms with E-state index in [0.717, 1.165) is 49.5 Å². The van der Waals surface area contributed by atoms with E-state index in [1.54, 1.807) is 12.1 Å². The number of hydrogen-bond acceptors (Lipinski definition) is 6. The molecule has 2 aliphatic heterocycles. The zero-order valence-electron chi connectivity index (χ0n) is 16.1. The van der Waals surface area contributed by atoms with Crippen LogP contribution in [0.3, 0.4) is 0 Å².